The van der Waals surface area contributed by atoms with E-state index < -0.39 is 5.46 Å². The molecule has 3 aromatic carbocycles. The molecule has 0 radical (unpaired) electrons. The van der Waals surface area contributed by atoms with E-state index in [1.807, 2.05) is 24.4 Å². The van der Waals surface area contributed by atoms with Crippen LogP contribution >= 0.6 is 20.9 Å². The SMILES string of the molecule is CC(C)(C)C=NNP(Br)(c1ccccc1)(c1ccccc1)c1ccccc1. The summed E-state index contributed by atoms with van der Waals surface area (Å²) in [4.78, 5) is 0. The zero-order valence-electron chi connectivity index (χ0n) is 16.0. The van der Waals surface area contributed by atoms with Gasteiger partial charge in [0.25, 0.3) is 0 Å². The first-order chi connectivity index (χ1) is 12.8. The topological polar surface area (TPSA) is 24.4 Å². The Morgan fingerprint density at radius 2 is 1.04 bits per heavy atom. The van der Waals surface area contributed by atoms with Gasteiger partial charge in [-0.05, 0) is 0 Å². The first kappa shape index (κ1) is 19.8. The molecule has 3 aromatic rings. The monoisotopic (exact) mass is 440 g/mol. The molecule has 2 nitrogen and oxygen atoms in total. The standard InChI is InChI=1S/C23H26BrN2P/c1-23(2,3)19-25-26-27(24,20-13-7-4-8-14-20,21-15-9-5-10-16-21)22-17-11-6-12-18-22/h4-19,26H,1-3H3. The average molecular weight is 441 g/mol. The summed E-state index contributed by atoms with van der Waals surface area (Å²) in [5.74, 6) is 0. The Morgan fingerprint density at radius 3 is 1.33 bits per heavy atom. The van der Waals surface area contributed by atoms with Gasteiger partial charge in [0.15, 0.2) is 0 Å². The maximum absolute atomic E-state index is 4.75. The molecular weight excluding hydrogens is 415 g/mol. The van der Waals surface area contributed by atoms with Crippen LogP contribution in [0.4, 0.5) is 0 Å². The van der Waals surface area contributed by atoms with E-state index >= 15 is 0 Å². The van der Waals surface area contributed by atoms with Crippen molar-refractivity contribution < 1.29 is 0 Å². The summed E-state index contributed by atoms with van der Waals surface area (Å²) in [6, 6.07) is 31.7. The molecule has 0 unspecified atom stereocenters. The maximum atomic E-state index is 4.75. The first-order valence-corrected chi connectivity index (χ1v) is 13.3. The second kappa shape index (κ2) is 7.58. The number of benzene rings is 3. The molecule has 0 aliphatic rings. The Morgan fingerprint density at radius 1 is 0.704 bits per heavy atom. The Hall–Kier alpha value is -1.96. The number of nitrogens with one attached hydrogen (secondary N) is 1. The van der Waals surface area contributed by atoms with Crippen molar-refractivity contribution in [3.8, 4) is 0 Å². The van der Waals surface area contributed by atoms with Crippen LogP contribution < -0.4 is 21.1 Å². The van der Waals surface area contributed by atoms with Crippen molar-refractivity contribution in [1.29, 1.82) is 0 Å². The number of halogens is 1. The molecule has 0 aliphatic heterocycles. The van der Waals surface area contributed by atoms with Crippen molar-refractivity contribution in [2.45, 2.75) is 20.8 Å². The van der Waals surface area contributed by atoms with Gasteiger partial charge in [-0.2, -0.15) is 0 Å². The Balaban J connectivity index is 2.34. The van der Waals surface area contributed by atoms with E-state index in [2.05, 4.69) is 114 Å². The van der Waals surface area contributed by atoms with Crippen LogP contribution in [0.5, 0.6) is 0 Å². The third kappa shape index (κ3) is 3.85. The van der Waals surface area contributed by atoms with Gasteiger partial charge in [-0.3, -0.25) is 0 Å². The van der Waals surface area contributed by atoms with Crippen LogP contribution in [0.1, 0.15) is 20.8 Å². The Kier molecular flexibility index (Phi) is 5.55. The van der Waals surface area contributed by atoms with Crippen LogP contribution in [0.2, 0.25) is 0 Å². The summed E-state index contributed by atoms with van der Waals surface area (Å²) in [6.07, 6.45) is 1.98. The van der Waals surface area contributed by atoms with Gasteiger partial charge in [0.2, 0.25) is 0 Å². The number of hydrogen-bond acceptors (Lipinski definition) is 2. The number of nitrogens with zero attached hydrogens (tertiary/aromatic N) is 1. The summed E-state index contributed by atoms with van der Waals surface area (Å²) in [7, 11) is 0. The molecule has 0 spiro atoms. The van der Waals surface area contributed by atoms with Gasteiger partial charge in [0.05, 0.1) is 0 Å². The van der Waals surface area contributed by atoms with Gasteiger partial charge in [-0.1, -0.05) is 0 Å². The summed E-state index contributed by atoms with van der Waals surface area (Å²) in [5.41, 5.74) is -3.19. The molecule has 27 heavy (non-hydrogen) atoms. The first-order valence-electron chi connectivity index (χ1n) is 9.07. The summed E-state index contributed by atoms with van der Waals surface area (Å²) in [5, 5.41) is 11.9. The van der Waals surface area contributed by atoms with Crippen LogP contribution in [-0.2, 0) is 0 Å². The quantitative estimate of drug-likeness (QED) is 0.322. The second-order valence-corrected chi connectivity index (χ2v) is 15.8. The summed E-state index contributed by atoms with van der Waals surface area (Å²) >= 11 is 4.29. The molecule has 0 atom stereocenters. The van der Waals surface area contributed by atoms with Crippen molar-refractivity contribution in [2.75, 3.05) is 0 Å². The molecule has 0 aliphatic carbocycles. The fourth-order valence-electron chi connectivity index (χ4n) is 3.08. The molecule has 1 N–H and O–H groups in total. The molecule has 4 heteroatoms. The van der Waals surface area contributed by atoms with Crippen LogP contribution in [0.25, 0.3) is 0 Å². The van der Waals surface area contributed by atoms with E-state index in [4.69, 9.17) is 5.10 Å². The van der Waals surface area contributed by atoms with Crippen LogP contribution in [0.3, 0.4) is 0 Å². The number of hydrazone groups is 1. The Labute approximate surface area is 170 Å². The molecule has 0 saturated carbocycles. The van der Waals surface area contributed by atoms with E-state index in [0.717, 1.165) is 0 Å². The van der Waals surface area contributed by atoms with Gasteiger partial charge in [-0.25, -0.2) is 0 Å². The van der Waals surface area contributed by atoms with Crippen molar-refractivity contribution >= 4 is 43.1 Å². The van der Waals surface area contributed by atoms with Gasteiger partial charge < -0.3 is 0 Å². The summed E-state index contributed by atoms with van der Waals surface area (Å²) in [6.45, 7) is 6.44. The molecule has 140 valence electrons. The second-order valence-electron chi connectivity index (χ2n) is 7.74. The zero-order valence-corrected chi connectivity index (χ0v) is 18.5. The van der Waals surface area contributed by atoms with E-state index in [-0.39, 0.29) is 5.41 Å². The van der Waals surface area contributed by atoms with Gasteiger partial charge in [0.1, 0.15) is 0 Å². The van der Waals surface area contributed by atoms with E-state index in [9.17, 15) is 0 Å². The molecular formula is C23H26BrN2P. The predicted octanol–water partition coefficient (Wildman–Crippen LogP) is 5.36. The fraction of sp³-hybridized carbons (Fsp3) is 0.174. The third-order valence-electron chi connectivity index (χ3n) is 4.42. The van der Waals surface area contributed by atoms with Crippen molar-refractivity contribution in [3.63, 3.8) is 0 Å². The summed E-state index contributed by atoms with van der Waals surface area (Å²) < 4.78 is 0. The van der Waals surface area contributed by atoms with Gasteiger partial charge in [0, 0.05) is 0 Å². The van der Waals surface area contributed by atoms with E-state index in [1.54, 1.807) is 0 Å². The van der Waals surface area contributed by atoms with Crippen LogP contribution in [0, 0.1) is 5.41 Å². The van der Waals surface area contributed by atoms with Crippen molar-refractivity contribution in [1.82, 2.24) is 5.20 Å². The van der Waals surface area contributed by atoms with Gasteiger partial charge in [-0.15, -0.1) is 0 Å². The average Bonchev–Trinajstić information content (AvgIpc) is 2.69. The van der Waals surface area contributed by atoms with Crippen LogP contribution in [-0.4, -0.2) is 6.21 Å². The van der Waals surface area contributed by atoms with Crippen molar-refractivity contribution in [2.24, 2.45) is 10.5 Å². The van der Waals surface area contributed by atoms with E-state index in [0.29, 0.717) is 0 Å². The molecule has 0 amide bonds. The fourth-order valence-corrected chi connectivity index (χ4v) is 9.19. The molecule has 0 aromatic heterocycles. The zero-order chi connectivity index (χ0) is 19.4. The third-order valence-corrected chi connectivity index (χ3v) is 12.9. The van der Waals surface area contributed by atoms with Crippen molar-refractivity contribution in [3.05, 3.63) is 91.0 Å². The van der Waals surface area contributed by atoms with Gasteiger partial charge >= 0.3 is 171 Å². The number of rotatable bonds is 5. The molecule has 0 heterocycles. The minimum absolute atomic E-state index is 0.0147. The Bertz CT molecular complexity index is 804. The normalized spacial score (nSPS) is 13.9. The molecule has 0 saturated heterocycles. The van der Waals surface area contributed by atoms with Crippen LogP contribution in [0.15, 0.2) is 96.1 Å². The van der Waals surface area contributed by atoms with E-state index in [1.165, 1.54) is 15.9 Å². The molecule has 3 rings (SSSR count). The molecule has 0 bridgehead atoms. The predicted molar refractivity (Wildman–Crippen MR) is 125 cm³/mol. The number of hydrogen-bond donors (Lipinski definition) is 1. The molecule has 0 fully saturated rings. The minimum atomic E-state index is -3.17.